The van der Waals surface area contributed by atoms with E-state index in [1.54, 1.807) is 0 Å². The maximum atomic E-state index is 5.75. The summed E-state index contributed by atoms with van der Waals surface area (Å²) in [5, 5.41) is 0. The van der Waals surface area contributed by atoms with Crippen molar-refractivity contribution in [3.63, 3.8) is 0 Å². The second kappa shape index (κ2) is 10.3. The van der Waals surface area contributed by atoms with Crippen molar-refractivity contribution in [1.29, 1.82) is 0 Å². The lowest BCUT2D eigenvalue weighted by molar-refractivity contribution is 0.304. The molecule has 0 bridgehead atoms. The van der Waals surface area contributed by atoms with Crippen LogP contribution in [0.25, 0.3) is 0 Å². The Labute approximate surface area is 125 Å². The first kappa shape index (κ1) is 16.5. The van der Waals surface area contributed by atoms with Gasteiger partial charge in [-0.25, -0.2) is 0 Å². The summed E-state index contributed by atoms with van der Waals surface area (Å²) in [6.07, 6.45) is 9.17. The number of halogens is 1. The van der Waals surface area contributed by atoms with Crippen LogP contribution in [0.3, 0.4) is 0 Å². The molecule has 19 heavy (non-hydrogen) atoms. The third-order valence-corrected chi connectivity index (χ3v) is 4.03. The molecule has 0 fully saturated rings. The minimum absolute atomic E-state index is 0.537. The molecular formula is C16H26BrNO. The molecule has 0 atom stereocenters. The number of benzene rings is 1. The molecule has 0 saturated carbocycles. The fourth-order valence-corrected chi connectivity index (χ4v) is 2.46. The predicted octanol–water partition coefficient (Wildman–Crippen LogP) is 5.04. The van der Waals surface area contributed by atoms with Crippen molar-refractivity contribution in [3.8, 4) is 5.75 Å². The molecule has 3 heteroatoms. The third kappa shape index (κ3) is 6.98. The molecule has 2 N–H and O–H groups in total. The van der Waals surface area contributed by atoms with Gasteiger partial charge in [0.1, 0.15) is 5.75 Å². The van der Waals surface area contributed by atoms with E-state index in [-0.39, 0.29) is 0 Å². The van der Waals surface area contributed by atoms with Crippen LogP contribution in [0.1, 0.15) is 57.4 Å². The molecule has 0 unspecified atom stereocenters. The van der Waals surface area contributed by atoms with E-state index in [4.69, 9.17) is 10.5 Å². The summed E-state index contributed by atoms with van der Waals surface area (Å²) in [5.41, 5.74) is 6.76. The van der Waals surface area contributed by atoms with Crippen molar-refractivity contribution in [2.45, 2.75) is 58.4 Å². The first-order valence-corrected chi connectivity index (χ1v) is 8.18. The van der Waals surface area contributed by atoms with Gasteiger partial charge in [0.05, 0.1) is 6.61 Å². The summed E-state index contributed by atoms with van der Waals surface area (Å²) in [4.78, 5) is 0. The van der Waals surface area contributed by atoms with Gasteiger partial charge in [-0.3, -0.25) is 0 Å². The largest absolute Gasteiger partial charge is 0.494 e. The van der Waals surface area contributed by atoms with Crippen LogP contribution in [0.4, 0.5) is 0 Å². The zero-order valence-electron chi connectivity index (χ0n) is 12.0. The van der Waals surface area contributed by atoms with Gasteiger partial charge in [-0.05, 0) is 30.2 Å². The summed E-state index contributed by atoms with van der Waals surface area (Å²) in [7, 11) is 0. The molecule has 2 nitrogen and oxygen atoms in total. The van der Waals surface area contributed by atoms with Gasteiger partial charge >= 0.3 is 0 Å². The number of unbranched alkanes of at least 4 members (excludes halogenated alkanes) is 6. The highest BCUT2D eigenvalue weighted by Gasteiger charge is 2.00. The molecule has 0 spiro atoms. The molecule has 108 valence electrons. The average molecular weight is 328 g/mol. The Morgan fingerprint density at radius 1 is 1.05 bits per heavy atom. The quantitative estimate of drug-likeness (QED) is 0.611. The van der Waals surface area contributed by atoms with E-state index in [2.05, 4.69) is 22.9 Å². The van der Waals surface area contributed by atoms with Crippen LogP contribution in [0.5, 0.6) is 5.75 Å². The van der Waals surface area contributed by atoms with Gasteiger partial charge in [0.15, 0.2) is 0 Å². The molecule has 1 aromatic carbocycles. The zero-order valence-corrected chi connectivity index (χ0v) is 13.5. The Balaban J connectivity index is 2.12. The van der Waals surface area contributed by atoms with E-state index in [0.29, 0.717) is 6.54 Å². The van der Waals surface area contributed by atoms with Crippen molar-refractivity contribution in [3.05, 3.63) is 28.2 Å². The van der Waals surface area contributed by atoms with Crippen LogP contribution >= 0.6 is 15.9 Å². The molecule has 0 radical (unpaired) electrons. The van der Waals surface area contributed by atoms with Crippen molar-refractivity contribution in [1.82, 2.24) is 0 Å². The topological polar surface area (TPSA) is 35.2 Å². The summed E-state index contributed by atoms with van der Waals surface area (Å²) in [5.74, 6) is 0.926. The normalized spacial score (nSPS) is 10.7. The highest BCUT2D eigenvalue weighted by molar-refractivity contribution is 9.10. The summed E-state index contributed by atoms with van der Waals surface area (Å²) < 4.78 is 6.81. The molecule has 1 rings (SSSR count). The maximum Gasteiger partial charge on any atom is 0.119 e. The van der Waals surface area contributed by atoms with E-state index in [1.807, 2.05) is 18.2 Å². The fraction of sp³-hybridized carbons (Fsp3) is 0.625. The van der Waals surface area contributed by atoms with Crippen LogP contribution < -0.4 is 10.5 Å². The number of hydrogen-bond donors (Lipinski definition) is 1. The second-order valence-corrected chi connectivity index (χ2v) is 5.78. The van der Waals surface area contributed by atoms with Crippen LogP contribution in [-0.4, -0.2) is 6.61 Å². The lowest BCUT2D eigenvalue weighted by Gasteiger charge is -2.08. The second-order valence-electron chi connectivity index (χ2n) is 4.93. The Bertz CT molecular complexity index is 355. The number of ether oxygens (including phenoxy) is 1. The molecule has 0 aliphatic rings. The molecule has 0 aliphatic heterocycles. The van der Waals surface area contributed by atoms with E-state index < -0.39 is 0 Å². The lowest BCUT2D eigenvalue weighted by Crippen LogP contribution is -2.01. The van der Waals surface area contributed by atoms with E-state index in [9.17, 15) is 0 Å². The standard InChI is InChI=1S/C16H26BrNO/c1-2-3-4-5-6-7-8-11-19-15-9-10-16(17)14(12-15)13-18/h9-10,12H,2-8,11,13,18H2,1H3. The van der Waals surface area contributed by atoms with Gasteiger partial charge in [0, 0.05) is 11.0 Å². The number of nitrogens with two attached hydrogens (primary N) is 1. The number of hydrogen-bond acceptors (Lipinski definition) is 2. The van der Waals surface area contributed by atoms with Crippen molar-refractivity contribution in [2.75, 3.05) is 6.61 Å². The highest BCUT2D eigenvalue weighted by Crippen LogP contribution is 2.22. The SMILES string of the molecule is CCCCCCCCCOc1ccc(Br)c(CN)c1. The Morgan fingerprint density at radius 2 is 1.74 bits per heavy atom. The first-order valence-electron chi connectivity index (χ1n) is 7.39. The van der Waals surface area contributed by atoms with Gasteiger partial charge in [-0.15, -0.1) is 0 Å². The molecule has 1 aromatic rings. The Kier molecular flexibility index (Phi) is 8.93. The van der Waals surface area contributed by atoms with Crippen LogP contribution in [0.15, 0.2) is 22.7 Å². The van der Waals surface area contributed by atoms with Crippen LogP contribution in [-0.2, 0) is 6.54 Å². The van der Waals surface area contributed by atoms with Gasteiger partial charge in [0.2, 0.25) is 0 Å². The molecule has 0 saturated heterocycles. The lowest BCUT2D eigenvalue weighted by atomic mass is 10.1. The zero-order chi connectivity index (χ0) is 13.9. The third-order valence-electron chi connectivity index (χ3n) is 3.25. The maximum absolute atomic E-state index is 5.75. The van der Waals surface area contributed by atoms with Gasteiger partial charge in [0.25, 0.3) is 0 Å². The Morgan fingerprint density at radius 3 is 2.42 bits per heavy atom. The minimum atomic E-state index is 0.537. The monoisotopic (exact) mass is 327 g/mol. The number of rotatable bonds is 10. The van der Waals surface area contributed by atoms with Gasteiger partial charge in [-0.2, -0.15) is 0 Å². The fourth-order valence-electron chi connectivity index (χ4n) is 2.05. The van der Waals surface area contributed by atoms with Crippen LogP contribution in [0, 0.1) is 0 Å². The molecule has 0 heterocycles. The average Bonchev–Trinajstić information content (AvgIpc) is 2.43. The van der Waals surface area contributed by atoms with Crippen molar-refractivity contribution in [2.24, 2.45) is 5.73 Å². The molecule has 0 aromatic heterocycles. The highest BCUT2D eigenvalue weighted by atomic mass is 79.9. The van der Waals surface area contributed by atoms with Crippen LogP contribution in [0.2, 0.25) is 0 Å². The molecular weight excluding hydrogens is 302 g/mol. The Hall–Kier alpha value is -0.540. The van der Waals surface area contributed by atoms with Gasteiger partial charge in [-0.1, -0.05) is 61.4 Å². The van der Waals surface area contributed by atoms with E-state index in [1.165, 1.54) is 38.5 Å². The first-order chi connectivity index (χ1) is 9.27. The van der Waals surface area contributed by atoms with E-state index >= 15 is 0 Å². The summed E-state index contributed by atoms with van der Waals surface area (Å²) in [6.45, 7) is 3.59. The van der Waals surface area contributed by atoms with Gasteiger partial charge < -0.3 is 10.5 Å². The van der Waals surface area contributed by atoms with Crippen molar-refractivity contribution >= 4 is 15.9 Å². The predicted molar refractivity (Wildman–Crippen MR) is 85.5 cm³/mol. The summed E-state index contributed by atoms with van der Waals surface area (Å²) in [6, 6.07) is 6.01. The summed E-state index contributed by atoms with van der Waals surface area (Å²) >= 11 is 3.48. The molecule has 0 aliphatic carbocycles. The molecule has 0 amide bonds. The van der Waals surface area contributed by atoms with E-state index in [0.717, 1.165) is 28.8 Å². The smallest absolute Gasteiger partial charge is 0.119 e. The van der Waals surface area contributed by atoms with Crippen molar-refractivity contribution < 1.29 is 4.74 Å². The minimum Gasteiger partial charge on any atom is -0.494 e.